The van der Waals surface area contributed by atoms with Crippen LogP contribution in [0.1, 0.15) is 175 Å². The van der Waals surface area contributed by atoms with E-state index in [9.17, 15) is 9.90 Å². The van der Waals surface area contributed by atoms with Crippen LogP contribution in [0.4, 0.5) is 0 Å². The largest absolute Gasteiger partial charge is 0.478 e. The molecule has 0 spiro atoms. The van der Waals surface area contributed by atoms with Gasteiger partial charge in [-0.05, 0) is 31.1 Å². The lowest BCUT2D eigenvalue weighted by Crippen LogP contribution is -2.24. The quantitative estimate of drug-likeness (QED) is 0.100. The van der Waals surface area contributed by atoms with Gasteiger partial charge in [0.2, 0.25) is 0 Å². The molecule has 0 heterocycles. The summed E-state index contributed by atoms with van der Waals surface area (Å²) in [6.07, 6.45) is 31.5. The molecular formula is C31H63NO2. The molecular weight excluding hydrogens is 418 g/mol. The van der Waals surface area contributed by atoms with E-state index in [-0.39, 0.29) is 11.6 Å². The van der Waals surface area contributed by atoms with Crippen LogP contribution in [0.5, 0.6) is 0 Å². The van der Waals surface area contributed by atoms with E-state index in [0.29, 0.717) is 5.57 Å². The van der Waals surface area contributed by atoms with Gasteiger partial charge in [0, 0.05) is 5.57 Å². The lowest BCUT2D eigenvalue weighted by atomic mass is 9.75. The molecule has 1 atom stereocenters. The van der Waals surface area contributed by atoms with Crippen molar-refractivity contribution in [1.82, 2.24) is 6.15 Å². The lowest BCUT2D eigenvalue weighted by Gasteiger charge is -2.29. The number of allylic oxidation sites excluding steroid dienone is 1. The normalized spacial score (nSPS) is 13.5. The van der Waals surface area contributed by atoms with Crippen molar-refractivity contribution in [3.8, 4) is 0 Å². The maximum atomic E-state index is 12.0. The third kappa shape index (κ3) is 19.5. The van der Waals surface area contributed by atoms with Crippen molar-refractivity contribution in [2.75, 3.05) is 0 Å². The van der Waals surface area contributed by atoms with Crippen molar-refractivity contribution in [3.63, 3.8) is 0 Å². The number of unbranched alkanes of at least 4 members (excludes halogenated alkanes) is 19. The molecule has 4 N–H and O–H groups in total. The van der Waals surface area contributed by atoms with Crippen molar-refractivity contribution in [2.24, 2.45) is 5.41 Å². The Morgan fingerprint density at radius 3 is 1.32 bits per heavy atom. The molecule has 0 fully saturated rings. The standard InChI is InChI=1S/C31H60O2.H3N/c1-5-8-10-12-14-16-18-19-21-23-25-27-29(30(32)33)31(4,7-3)28-26-24-22-20-17-15-13-11-9-6-2;/h27H,5-26,28H2,1-4H3,(H,32,33);1H3. The van der Waals surface area contributed by atoms with E-state index in [4.69, 9.17) is 0 Å². The molecule has 1 unspecified atom stereocenters. The molecule has 0 amide bonds. The molecule has 34 heavy (non-hydrogen) atoms. The molecule has 0 bridgehead atoms. The predicted octanol–water partition coefficient (Wildman–Crippen LogP) is 11.2. The summed E-state index contributed by atoms with van der Waals surface area (Å²) >= 11 is 0. The van der Waals surface area contributed by atoms with Crippen LogP contribution in [0.2, 0.25) is 0 Å². The second kappa shape index (κ2) is 25.3. The van der Waals surface area contributed by atoms with Gasteiger partial charge in [0.15, 0.2) is 0 Å². The van der Waals surface area contributed by atoms with E-state index in [1.54, 1.807) is 0 Å². The monoisotopic (exact) mass is 481 g/mol. The highest BCUT2D eigenvalue weighted by atomic mass is 16.4. The molecule has 0 rings (SSSR count). The van der Waals surface area contributed by atoms with E-state index in [2.05, 4.69) is 33.8 Å². The molecule has 0 saturated carbocycles. The van der Waals surface area contributed by atoms with Crippen molar-refractivity contribution in [3.05, 3.63) is 11.6 Å². The predicted molar refractivity (Wildman–Crippen MR) is 152 cm³/mol. The topological polar surface area (TPSA) is 72.3 Å². The van der Waals surface area contributed by atoms with Gasteiger partial charge in [-0.25, -0.2) is 4.79 Å². The summed E-state index contributed by atoms with van der Waals surface area (Å²) in [7, 11) is 0. The summed E-state index contributed by atoms with van der Waals surface area (Å²) in [5, 5.41) is 9.89. The zero-order chi connectivity index (χ0) is 24.6. The molecule has 0 aromatic heterocycles. The molecule has 3 heteroatoms. The zero-order valence-electron chi connectivity index (χ0n) is 23.9. The van der Waals surface area contributed by atoms with E-state index in [1.165, 1.54) is 116 Å². The van der Waals surface area contributed by atoms with E-state index in [0.717, 1.165) is 32.1 Å². The number of carboxylic acids is 1. The Balaban J connectivity index is 0. The van der Waals surface area contributed by atoms with Crippen LogP contribution >= 0.6 is 0 Å². The van der Waals surface area contributed by atoms with Crippen molar-refractivity contribution < 1.29 is 9.90 Å². The van der Waals surface area contributed by atoms with Gasteiger partial charge in [0.05, 0.1) is 0 Å². The van der Waals surface area contributed by atoms with Crippen molar-refractivity contribution in [1.29, 1.82) is 0 Å². The summed E-state index contributed by atoms with van der Waals surface area (Å²) in [6, 6.07) is 0. The second-order valence-corrected chi connectivity index (χ2v) is 10.7. The Bertz CT molecular complexity index is 474. The minimum absolute atomic E-state index is 0. The Kier molecular flexibility index (Phi) is 26.3. The van der Waals surface area contributed by atoms with Crippen LogP contribution in [0.25, 0.3) is 0 Å². The molecule has 0 saturated heterocycles. The van der Waals surface area contributed by atoms with Gasteiger partial charge < -0.3 is 11.3 Å². The average Bonchev–Trinajstić information content (AvgIpc) is 2.80. The molecule has 0 aliphatic rings. The van der Waals surface area contributed by atoms with Crippen LogP contribution in [0.3, 0.4) is 0 Å². The van der Waals surface area contributed by atoms with Gasteiger partial charge in [-0.3, -0.25) is 0 Å². The summed E-state index contributed by atoms with van der Waals surface area (Å²) < 4.78 is 0. The fraction of sp³-hybridized carbons (Fsp3) is 0.903. The number of hydrogen-bond acceptors (Lipinski definition) is 2. The van der Waals surface area contributed by atoms with E-state index < -0.39 is 5.97 Å². The van der Waals surface area contributed by atoms with Crippen LogP contribution < -0.4 is 6.15 Å². The first-order valence-electron chi connectivity index (χ1n) is 15.0. The highest BCUT2D eigenvalue weighted by Crippen LogP contribution is 2.37. The van der Waals surface area contributed by atoms with Crippen LogP contribution in [0.15, 0.2) is 11.6 Å². The Morgan fingerprint density at radius 1 is 0.618 bits per heavy atom. The number of aliphatic carboxylic acids is 1. The number of carbonyl (C=O) groups is 1. The molecule has 0 aliphatic heterocycles. The molecule has 204 valence electrons. The first kappa shape index (κ1) is 35.3. The average molecular weight is 482 g/mol. The van der Waals surface area contributed by atoms with Gasteiger partial charge in [0.25, 0.3) is 0 Å². The third-order valence-electron chi connectivity index (χ3n) is 7.65. The minimum Gasteiger partial charge on any atom is -0.478 e. The van der Waals surface area contributed by atoms with Gasteiger partial charge in [-0.2, -0.15) is 0 Å². The Hall–Kier alpha value is -0.830. The van der Waals surface area contributed by atoms with E-state index in [1.807, 2.05) is 0 Å². The van der Waals surface area contributed by atoms with Gasteiger partial charge in [-0.1, -0.05) is 156 Å². The molecule has 0 aliphatic carbocycles. The van der Waals surface area contributed by atoms with Gasteiger partial charge >= 0.3 is 5.97 Å². The Morgan fingerprint density at radius 2 is 0.971 bits per heavy atom. The summed E-state index contributed by atoms with van der Waals surface area (Å²) in [6.45, 7) is 8.88. The molecule has 3 nitrogen and oxygen atoms in total. The van der Waals surface area contributed by atoms with Crippen LogP contribution in [0, 0.1) is 5.41 Å². The smallest absolute Gasteiger partial charge is 0.331 e. The summed E-state index contributed by atoms with van der Waals surface area (Å²) in [5.74, 6) is -0.696. The summed E-state index contributed by atoms with van der Waals surface area (Å²) in [5.41, 5.74) is 0.502. The zero-order valence-corrected chi connectivity index (χ0v) is 23.9. The first-order chi connectivity index (χ1) is 16.0. The third-order valence-corrected chi connectivity index (χ3v) is 7.65. The van der Waals surface area contributed by atoms with Gasteiger partial charge in [-0.15, -0.1) is 0 Å². The maximum Gasteiger partial charge on any atom is 0.331 e. The fourth-order valence-electron chi connectivity index (χ4n) is 4.97. The minimum atomic E-state index is -0.696. The number of rotatable bonds is 25. The molecule has 0 radical (unpaired) electrons. The maximum absolute atomic E-state index is 12.0. The second-order valence-electron chi connectivity index (χ2n) is 10.7. The van der Waals surface area contributed by atoms with Crippen molar-refractivity contribution in [2.45, 2.75) is 175 Å². The highest BCUT2D eigenvalue weighted by Gasteiger charge is 2.30. The van der Waals surface area contributed by atoms with Crippen LogP contribution in [-0.2, 0) is 4.79 Å². The van der Waals surface area contributed by atoms with Crippen LogP contribution in [-0.4, -0.2) is 11.1 Å². The highest BCUT2D eigenvalue weighted by molar-refractivity contribution is 5.88. The van der Waals surface area contributed by atoms with E-state index >= 15 is 0 Å². The fourth-order valence-corrected chi connectivity index (χ4v) is 4.97. The number of carboxylic acid groups (broad SMARTS) is 1. The summed E-state index contributed by atoms with van der Waals surface area (Å²) in [4.78, 5) is 12.0. The number of hydrogen-bond donors (Lipinski definition) is 2. The SMILES string of the molecule is CCCCCCCCCCCCC=C(C(=O)O)C(C)(CC)CCCCCCCCCCCC.N. The van der Waals surface area contributed by atoms with Crippen molar-refractivity contribution >= 4 is 5.97 Å². The molecule has 0 aromatic rings. The Labute approximate surface area is 214 Å². The van der Waals surface area contributed by atoms with Gasteiger partial charge in [0.1, 0.15) is 0 Å². The first-order valence-corrected chi connectivity index (χ1v) is 15.0. The lowest BCUT2D eigenvalue weighted by molar-refractivity contribution is -0.134. The molecule has 0 aromatic carbocycles.